The molecule has 0 bridgehead atoms. The van der Waals surface area contributed by atoms with Crippen LogP contribution in [0.5, 0.6) is 0 Å². The van der Waals surface area contributed by atoms with Crippen LogP contribution in [-0.2, 0) is 11.3 Å². The molecule has 1 heterocycles. The van der Waals surface area contributed by atoms with Gasteiger partial charge in [0.2, 0.25) is 5.91 Å². The molecule has 5 heteroatoms. The summed E-state index contributed by atoms with van der Waals surface area (Å²) in [7, 11) is 1.83. The second-order valence-electron chi connectivity index (χ2n) is 3.77. The maximum absolute atomic E-state index is 11.4. The van der Waals surface area contributed by atoms with Crippen molar-refractivity contribution in [1.29, 1.82) is 0 Å². The van der Waals surface area contributed by atoms with Gasteiger partial charge in [-0.15, -0.1) is 11.3 Å². The summed E-state index contributed by atoms with van der Waals surface area (Å²) in [5, 5.41) is 8.63. The number of nitrogens with zero attached hydrogens (tertiary/aromatic N) is 1. The number of anilines is 1. The minimum absolute atomic E-state index is 0.0870. The molecule has 1 rings (SSSR count). The van der Waals surface area contributed by atoms with E-state index >= 15 is 0 Å². The predicted octanol–water partition coefficient (Wildman–Crippen LogP) is 1.85. The molecule has 0 fully saturated rings. The number of hydrogen-bond acceptors (Lipinski definition) is 4. The van der Waals surface area contributed by atoms with E-state index in [2.05, 4.69) is 15.6 Å². The molecule has 0 unspecified atom stereocenters. The van der Waals surface area contributed by atoms with Gasteiger partial charge in [0.05, 0.1) is 12.2 Å². The Morgan fingerprint density at radius 2 is 2.33 bits per heavy atom. The standard InChI is InChI=1S/C10H17N3OS/c1-7(2)4-9(14)12-5-8-6-15-10(11-3)13-8/h6-7H,4-5H2,1-3H3,(H,11,13)(H,12,14). The Kier molecular flexibility index (Phi) is 4.55. The molecule has 1 aromatic rings. The number of hydrogen-bond donors (Lipinski definition) is 2. The fraction of sp³-hybridized carbons (Fsp3) is 0.600. The average molecular weight is 227 g/mol. The molecule has 0 aliphatic carbocycles. The van der Waals surface area contributed by atoms with Crippen molar-refractivity contribution in [2.45, 2.75) is 26.8 Å². The van der Waals surface area contributed by atoms with Crippen LogP contribution in [0.3, 0.4) is 0 Å². The largest absolute Gasteiger partial charge is 0.365 e. The fourth-order valence-electron chi connectivity index (χ4n) is 1.14. The molecule has 0 aromatic carbocycles. The number of nitrogens with one attached hydrogen (secondary N) is 2. The van der Waals surface area contributed by atoms with E-state index in [1.54, 1.807) is 11.3 Å². The van der Waals surface area contributed by atoms with E-state index < -0.39 is 0 Å². The predicted molar refractivity (Wildman–Crippen MR) is 63.0 cm³/mol. The normalized spacial score (nSPS) is 10.4. The zero-order valence-corrected chi connectivity index (χ0v) is 10.1. The number of thiazole rings is 1. The second kappa shape index (κ2) is 5.70. The third-order valence-corrected chi connectivity index (χ3v) is 2.73. The van der Waals surface area contributed by atoms with Crippen LogP contribution in [0.25, 0.3) is 0 Å². The van der Waals surface area contributed by atoms with Crippen molar-refractivity contribution in [3.05, 3.63) is 11.1 Å². The van der Waals surface area contributed by atoms with E-state index in [1.165, 1.54) is 0 Å². The Labute approximate surface area is 94.1 Å². The summed E-state index contributed by atoms with van der Waals surface area (Å²) >= 11 is 1.54. The fourth-order valence-corrected chi connectivity index (χ4v) is 1.81. The monoisotopic (exact) mass is 227 g/mol. The number of carbonyl (C=O) groups excluding carboxylic acids is 1. The van der Waals surface area contributed by atoms with Crippen molar-refractivity contribution >= 4 is 22.4 Å². The van der Waals surface area contributed by atoms with Crippen molar-refractivity contribution in [2.24, 2.45) is 5.92 Å². The van der Waals surface area contributed by atoms with Crippen molar-refractivity contribution in [2.75, 3.05) is 12.4 Å². The smallest absolute Gasteiger partial charge is 0.220 e. The van der Waals surface area contributed by atoms with Crippen LogP contribution in [0.1, 0.15) is 26.0 Å². The highest BCUT2D eigenvalue weighted by Gasteiger charge is 2.05. The zero-order chi connectivity index (χ0) is 11.3. The average Bonchev–Trinajstić information content (AvgIpc) is 2.61. The molecule has 0 aliphatic rings. The molecule has 0 aliphatic heterocycles. The van der Waals surface area contributed by atoms with Crippen LogP contribution in [0.15, 0.2) is 5.38 Å². The topological polar surface area (TPSA) is 54.0 Å². The molecule has 0 saturated carbocycles. The van der Waals surface area contributed by atoms with Crippen LogP contribution in [-0.4, -0.2) is 17.9 Å². The zero-order valence-electron chi connectivity index (χ0n) is 9.33. The number of rotatable bonds is 5. The van der Waals surface area contributed by atoms with Crippen LogP contribution < -0.4 is 10.6 Å². The van der Waals surface area contributed by atoms with E-state index in [4.69, 9.17) is 0 Å². The van der Waals surface area contributed by atoms with Gasteiger partial charge >= 0.3 is 0 Å². The van der Waals surface area contributed by atoms with Gasteiger partial charge in [0.25, 0.3) is 0 Å². The van der Waals surface area contributed by atoms with Crippen molar-refractivity contribution in [3.8, 4) is 0 Å². The lowest BCUT2D eigenvalue weighted by Gasteiger charge is -2.05. The van der Waals surface area contributed by atoms with Crippen molar-refractivity contribution in [3.63, 3.8) is 0 Å². The Balaban J connectivity index is 2.33. The third-order valence-electron chi connectivity index (χ3n) is 1.83. The Hall–Kier alpha value is -1.10. The van der Waals surface area contributed by atoms with Gasteiger partial charge in [0.1, 0.15) is 0 Å². The molecular formula is C10H17N3OS. The molecule has 15 heavy (non-hydrogen) atoms. The lowest BCUT2D eigenvalue weighted by molar-refractivity contribution is -0.121. The Morgan fingerprint density at radius 1 is 1.60 bits per heavy atom. The molecule has 84 valence electrons. The van der Waals surface area contributed by atoms with Crippen LogP contribution in [0, 0.1) is 5.92 Å². The first-order valence-corrected chi connectivity index (χ1v) is 5.88. The first-order chi connectivity index (χ1) is 7.11. The van der Waals surface area contributed by atoms with Gasteiger partial charge in [0, 0.05) is 18.8 Å². The van der Waals surface area contributed by atoms with Crippen LogP contribution >= 0.6 is 11.3 Å². The highest BCUT2D eigenvalue weighted by atomic mass is 32.1. The highest BCUT2D eigenvalue weighted by Crippen LogP contribution is 2.13. The number of carbonyl (C=O) groups is 1. The molecular weight excluding hydrogens is 210 g/mol. The summed E-state index contributed by atoms with van der Waals surface area (Å²) in [5.41, 5.74) is 0.904. The van der Waals surface area contributed by atoms with Crippen molar-refractivity contribution < 1.29 is 4.79 Å². The molecule has 1 amide bonds. The third kappa shape index (κ3) is 4.29. The van der Waals surface area contributed by atoms with Crippen molar-refractivity contribution in [1.82, 2.24) is 10.3 Å². The molecule has 0 spiro atoms. The van der Waals surface area contributed by atoms with E-state index in [-0.39, 0.29) is 5.91 Å². The molecule has 0 saturated heterocycles. The van der Waals surface area contributed by atoms with Gasteiger partial charge in [-0.05, 0) is 5.92 Å². The second-order valence-corrected chi connectivity index (χ2v) is 4.63. The number of amides is 1. The quantitative estimate of drug-likeness (QED) is 0.807. The lowest BCUT2D eigenvalue weighted by atomic mass is 10.1. The summed E-state index contributed by atoms with van der Waals surface area (Å²) in [6.45, 7) is 4.58. The van der Waals surface area contributed by atoms with E-state index in [9.17, 15) is 4.79 Å². The summed E-state index contributed by atoms with van der Waals surface area (Å²) in [5.74, 6) is 0.484. The van der Waals surface area contributed by atoms with Gasteiger partial charge in [-0.25, -0.2) is 4.98 Å². The SMILES string of the molecule is CNc1nc(CNC(=O)CC(C)C)cs1. The summed E-state index contributed by atoms with van der Waals surface area (Å²) in [6.07, 6.45) is 0.572. The van der Waals surface area contributed by atoms with Gasteiger partial charge < -0.3 is 10.6 Å². The summed E-state index contributed by atoms with van der Waals surface area (Å²) < 4.78 is 0. The highest BCUT2D eigenvalue weighted by molar-refractivity contribution is 7.13. The maximum Gasteiger partial charge on any atom is 0.220 e. The molecule has 0 atom stereocenters. The summed E-state index contributed by atoms with van der Waals surface area (Å²) in [4.78, 5) is 15.6. The molecule has 1 aromatic heterocycles. The van der Waals surface area contributed by atoms with E-state index in [0.29, 0.717) is 18.9 Å². The number of aromatic nitrogens is 1. The van der Waals surface area contributed by atoms with Gasteiger partial charge in [-0.1, -0.05) is 13.8 Å². The van der Waals surface area contributed by atoms with Gasteiger partial charge in [0.15, 0.2) is 5.13 Å². The van der Waals surface area contributed by atoms with E-state index in [0.717, 1.165) is 10.8 Å². The van der Waals surface area contributed by atoms with Crippen LogP contribution in [0.4, 0.5) is 5.13 Å². The lowest BCUT2D eigenvalue weighted by Crippen LogP contribution is -2.24. The first kappa shape index (κ1) is 12.0. The summed E-state index contributed by atoms with van der Waals surface area (Å²) in [6, 6.07) is 0. The van der Waals surface area contributed by atoms with Gasteiger partial charge in [-0.2, -0.15) is 0 Å². The first-order valence-electron chi connectivity index (χ1n) is 5.00. The van der Waals surface area contributed by atoms with E-state index in [1.807, 2.05) is 26.3 Å². The molecule has 4 nitrogen and oxygen atoms in total. The van der Waals surface area contributed by atoms with Crippen LogP contribution in [0.2, 0.25) is 0 Å². The molecule has 2 N–H and O–H groups in total. The van der Waals surface area contributed by atoms with Gasteiger partial charge in [-0.3, -0.25) is 4.79 Å². The Bertz CT molecular complexity index is 322. The minimum Gasteiger partial charge on any atom is -0.365 e. The molecule has 0 radical (unpaired) electrons. The minimum atomic E-state index is 0.0870. The maximum atomic E-state index is 11.4. The Morgan fingerprint density at radius 3 is 2.87 bits per heavy atom.